The number of nitrogens with zero attached hydrogens (tertiary/aromatic N) is 4. The predicted octanol–water partition coefficient (Wildman–Crippen LogP) is 2.47. The van der Waals surface area contributed by atoms with Gasteiger partial charge in [0.15, 0.2) is 0 Å². The van der Waals surface area contributed by atoms with E-state index in [4.69, 9.17) is 9.47 Å². The normalized spacial score (nSPS) is 11.6. The van der Waals surface area contributed by atoms with Crippen LogP contribution in [-0.4, -0.2) is 45.8 Å². The van der Waals surface area contributed by atoms with E-state index < -0.39 is 12.0 Å². The molecule has 162 valence electrons. The number of methoxy groups -OCH3 is 1. The van der Waals surface area contributed by atoms with Gasteiger partial charge in [-0.1, -0.05) is 36.4 Å². The van der Waals surface area contributed by atoms with Crippen molar-refractivity contribution >= 4 is 11.9 Å². The molecule has 3 rings (SSSR count). The van der Waals surface area contributed by atoms with Gasteiger partial charge in [0.1, 0.15) is 12.3 Å². The molecule has 0 radical (unpaired) electrons. The summed E-state index contributed by atoms with van der Waals surface area (Å²) in [6.45, 7) is 3.83. The van der Waals surface area contributed by atoms with E-state index in [-0.39, 0.29) is 25.5 Å². The van der Waals surface area contributed by atoms with E-state index in [1.165, 1.54) is 4.80 Å². The minimum absolute atomic E-state index is 0.00511. The van der Waals surface area contributed by atoms with Gasteiger partial charge in [0, 0.05) is 5.56 Å². The van der Waals surface area contributed by atoms with Crippen molar-refractivity contribution in [1.29, 1.82) is 0 Å². The van der Waals surface area contributed by atoms with Crippen LogP contribution in [0.1, 0.15) is 30.5 Å². The zero-order valence-corrected chi connectivity index (χ0v) is 17.7. The first kappa shape index (κ1) is 21.9. The third-order valence-corrected chi connectivity index (χ3v) is 4.65. The monoisotopic (exact) mass is 423 g/mol. The molecule has 1 atom stereocenters. The van der Waals surface area contributed by atoms with Gasteiger partial charge in [-0.15, -0.1) is 10.2 Å². The van der Waals surface area contributed by atoms with Gasteiger partial charge in [-0.25, -0.2) is 0 Å². The predicted molar refractivity (Wildman–Crippen MR) is 113 cm³/mol. The lowest BCUT2D eigenvalue weighted by atomic mass is 10.0. The second-order valence-corrected chi connectivity index (χ2v) is 6.86. The van der Waals surface area contributed by atoms with Gasteiger partial charge in [0.2, 0.25) is 11.7 Å². The molecule has 1 heterocycles. The summed E-state index contributed by atoms with van der Waals surface area (Å²) in [5.41, 5.74) is 2.63. The van der Waals surface area contributed by atoms with E-state index in [1.54, 1.807) is 38.3 Å². The van der Waals surface area contributed by atoms with Crippen LogP contribution in [0.5, 0.6) is 5.75 Å². The van der Waals surface area contributed by atoms with E-state index >= 15 is 0 Å². The third kappa shape index (κ3) is 5.88. The van der Waals surface area contributed by atoms with Gasteiger partial charge >= 0.3 is 5.97 Å². The lowest BCUT2D eigenvalue weighted by Gasteiger charge is -2.18. The minimum Gasteiger partial charge on any atom is -0.497 e. The number of aryl methyl sites for hydroxylation is 1. The highest BCUT2D eigenvalue weighted by Crippen LogP contribution is 2.21. The molecule has 3 aromatic rings. The molecule has 0 aliphatic rings. The van der Waals surface area contributed by atoms with E-state index in [0.29, 0.717) is 11.6 Å². The highest BCUT2D eigenvalue weighted by atomic mass is 16.5. The number of carbonyl (C=O) groups excluding carboxylic acids is 2. The first-order chi connectivity index (χ1) is 15.0. The molecule has 0 saturated heterocycles. The number of carbonyl (C=O) groups is 2. The lowest BCUT2D eigenvalue weighted by molar-refractivity contribution is -0.143. The molecule has 0 fully saturated rings. The average molecular weight is 423 g/mol. The van der Waals surface area contributed by atoms with Crippen LogP contribution in [0.25, 0.3) is 11.4 Å². The molecule has 0 unspecified atom stereocenters. The molecule has 9 nitrogen and oxygen atoms in total. The summed E-state index contributed by atoms with van der Waals surface area (Å²) in [5, 5.41) is 15.2. The Kier molecular flexibility index (Phi) is 7.31. The van der Waals surface area contributed by atoms with Crippen LogP contribution < -0.4 is 10.1 Å². The van der Waals surface area contributed by atoms with Crippen molar-refractivity contribution in [2.45, 2.75) is 32.9 Å². The first-order valence-electron chi connectivity index (χ1n) is 9.93. The second kappa shape index (κ2) is 10.3. The number of amides is 1. The van der Waals surface area contributed by atoms with Crippen molar-refractivity contribution in [2.75, 3.05) is 13.7 Å². The smallest absolute Gasteiger partial charge is 0.308 e. The molecule has 9 heteroatoms. The van der Waals surface area contributed by atoms with Gasteiger partial charge in [-0.3, -0.25) is 9.59 Å². The second-order valence-electron chi connectivity index (χ2n) is 6.86. The van der Waals surface area contributed by atoms with Gasteiger partial charge in [-0.2, -0.15) is 4.80 Å². The quantitative estimate of drug-likeness (QED) is 0.527. The highest BCUT2D eigenvalue weighted by Gasteiger charge is 2.20. The largest absolute Gasteiger partial charge is 0.497 e. The Labute approximate surface area is 180 Å². The maximum absolute atomic E-state index is 12.7. The highest BCUT2D eigenvalue weighted by molar-refractivity contribution is 5.78. The van der Waals surface area contributed by atoms with Gasteiger partial charge in [-0.05, 0) is 42.3 Å². The van der Waals surface area contributed by atoms with Crippen molar-refractivity contribution in [3.8, 4) is 17.1 Å². The van der Waals surface area contributed by atoms with E-state index in [2.05, 4.69) is 20.7 Å². The molecule has 0 aliphatic carbocycles. The van der Waals surface area contributed by atoms with Crippen LogP contribution in [-0.2, 0) is 20.9 Å². The van der Waals surface area contributed by atoms with Crippen LogP contribution in [0.3, 0.4) is 0 Å². The molecule has 0 aliphatic heterocycles. The average Bonchev–Trinajstić information content (AvgIpc) is 3.22. The standard InChI is InChI=1S/C22H25N5O4/c1-4-31-21(29)13-19(16-9-11-17(30-3)12-10-16)23-20(28)14-27-25-22(24-26-27)18-8-6-5-7-15(18)2/h5-12,19H,4,13-14H2,1-3H3,(H,23,28)/t19-/m1/s1. The van der Waals surface area contributed by atoms with Gasteiger partial charge < -0.3 is 14.8 Å². The molecule has 1 N–H and O–H groups in total. The molecule has 1 amide bonds. The van der Waals surface area contributed by atoms with Crippen molar-refractivity contribution in [3.05, 3.63) is 59.7 Å². The molecule has 0 bridgehead atoms. The Morgan fingerprint density at radius 3 is 2.55 bits per heavy atom. The zero-order chi connectivity index (χ0) is 22.2. The minimum atomic E-state index is -0.559. The van der Waals surface area contributed by atoms with Crippen LogP contribution in [0.2, 0.25) is 0 Å². The van der Waals surface area contributed by atoms with Crippen molar-refractivity contribution in [1.82, 2.24) is 25.5 Å². The summed E-state index contributed by atoms with van der Waals surface area (Å²) in [6.07, 6.45) is 0.00511. The molecular weight excluding hydrogens is 398 g/mol. The fraction of sp³-hybridized carbons (Fsp3) is 0.318. The molecule has 0 saturated carbocycles. The van der Waals surface area contributed by atoms with Gasteiger partial charge in [0.25, 0.3) is 0 Å². The maximum Gasteiger partial charge on any atom is 0.308 e. The van der Waals surface area contributed by atoms with E-state index in [1.807, 2.05) is 31.2 Å². The molecular formula is C22H25N5O4. The molecule has 1 aromatic heterocycles. The molecule has 31 heavy (non-hydrogen) atoms. The number of benzene rings is 2. The number of nitrogens with one attached hydrogen (secondary N) is 1. The summed E-state index contributed by atoms with van der Waals surface area (Å²) >= 11 is 0. The number of rotatable bonds is 9. The zero-order valence-electron chi connectivity index (χ0n) is 17.7. The number of ether oxygens (including phenoxy) is 2. The summed E-state index contributed by atoms with van der Waals surface area (Å²) < 4.78 is 10.2. The number of hydrogen-bond acceptors (Lipinski definition) is 7. The topological polar surface area (TPSA) is 108 Å². The van der Waals surface area contributed by atoms with Crippen LogP contribution in [0.15, 0.2) is 48.5 Å². The number of hydrogen-bond donors (Lipinski definition) is 1. The lowest BCUT2D eigenvalue weighted by Crippen LogP contribution is -2.33. The fourth-order valence-electron chi connectivity index (χ4n) is 3.09. The van der Waals surface area contributed by atoms with Gasteiger partial charge in [0.05, 0.1) is 26.2 Å². The Morgan fingerprint density at radius 2 is 1.87 bits per heavy atom. The Bertz CT molecular complexity index is 1030. The fourth-order valence-corrected chi connectivity index (χ4v) is 3.09. The number of tetrazole rings is 1. The van der Waals surface area contributed by atoms with E-state index in [0.717, 1.165) is 16.7 Å². The summed E-state index contributed by atoms with van der Waals surface area (Å²) in [6, 6.07) is 14.3. The third-order valence-electron chi connectivity index (χ3n) is 4.65. The van der Waals surface area contributed by atoms with E-state index in [9.17, 15) is 9.59 Å². The SMILES string of the molecule is CCOC(=O)C[C@@H](NC(=O)Cn1nnc(-c2ccccc2C)n1)c1ccc(OC)cc1. The summed E-state index contributed by atoms with van der Waals surface area (Å²) in [4.78, 5) is 25.9. The Hall–Kier alpha value is -3.75. The Morgan fingerprint density at radius 1 is 1.13 bits per heavy atom. The van der Waals surface area contributed by atoms with Crippen molar-refractivity contribution < 1.29 is 19.1 Å². The van der Waals surface area contributed by atoms with Crippen molar-refractivity contribution in [3.63, 3.8) is 0 Å². The number of aromatic nitrogens is 4. The first-order valence-corrected chi connectivity index (χ1v) is 9.93. The van der Waals surface area contributed by atoms with Crippen molar-refractivity contribution in [2.24, 2.45) is 0 Å². The molecule has 2 aromatic carbocycles. The summed E-state index contributed by atoms with van der Waals surface area (Å²) in [5.74, 6) is 0.382. The van der Waals surface area contributed by atoms with Crippen LogP contribution in [0, 0.1) is 6.92 Å². The molecule has 0 spiro atoms. The number of esters is 1. The maximum atomic E-state index is 12.7. The van der Waals surface area contributed by atoms with Crippen LogP contribution in [0.4, 0.5) is 0 Å². The Balaban J connectivity index is 1.71. The summed E-state index contributed by atoms with van der Waals surface area (Å²) in [7, 11) is 1.57. The van der Waals surface area contributed by atoms with Crippen LogP contribution >= 0.6 is 0 Å².